The predicted molar refractivity (Wildman–Crippen MR) is 124 cm³/mol. The van der Waals surface area contributed by atoms with Crippen molar-refractivity contribution in [2.75, 3.05) is 38.7 Å². The van der Waals surface area contributed by atoms with Crippen LogP contribution in [0.3, 0.4) is 0 Å². The first-order valence-electron chi connectivity index (χ1n) is 11.2. The van der Waals surface area contributed by atoms with Crippen LogP contribution in [0, 0.1) is 11.8 Å². The van der Waals surface area contributed by atoms with Gasteiger partial charge in [-0.2, -0.15) is 0 Å². The molecule has 2 aliphatic rings. The van der Waals surface area contributed by atoms with Crippen molar-refractivity contribution in [1.82, 2.24) is 25.2 Å². The molecule has 0 radical (unpaired) electrons. The molecule has 0 saturated carbocycles. The summed E-state index contributed by atoms with van der Waals surface area (Å²) in [4.78, 5) is 41.3. The van der Waals surface area contributed by atoms with Crippen molar-refractivity contribution in [2.45, 2.75) is 19.0 Å². The van der Waals surface area contributed by atoms with E-state index in [2.05, 4.69) is 25.2 Å². The minimum absolute atomic E-state index is 0.0864. The number of aromatic nitrogens is 3. The van der Waals surface area contributed by atoms with E-state index in [1.165, 1.54) is 7.11 Å². The van der Waals surface area contributed by atoms with Crippen LogP contribution in [-0.4, -0.2) is 71.6 Å². The Bertz CT molecular complexity index is 1160. The number of piperidine rings is 1. The van der Waals surface area contributed by atoms with Crippen LogP contribution in [0.1, 0.15) is 22.3 Å². The number of H-pyrrole nitrogens is 1. The Morgan fingerprint density at radius 2 is 2.00 bits per heavy atom. The number of benzene rings is 1. The summed E-state index contributed by atoms with van der Waals surface area (Å²) in [7, 11) is 3.21. The number of esters is 1. The molecule has 33 heavy (non-hydrogen) atoms. The molecular formula is C24H28N6O3. The molecule has 1 aromatic carbocycles. The fourth-order valence-electron chi connectivity index (χ4n) is 5.27. The van der Waals surface area contributed by atoms with Crippen molar-refractivity contribution in [2.24, 2.45) is 11.8 Å². The van der Waals surface area contributed by atoms with E-state index in [1.807, 2.05) is 31.4 Å². The summed E-state index contributed by atoms with van der Waals surface area (Å²) in [6.45, 7) is 2.89. The highest BCUT2D eigenvalue weighted by atomic mass is 16.5. The van der Waals surface area contributed by atoms with E-state index in [0.29, 0.717) is 18.7 Å². The van der Waals surface area contributed by atoms with Gasteiger partial charge in [-0.1, -0.05) is 12.1 Å². The molecule has 0 spiro atoms. The predicted octanol–water partition coefficient (Wildman–Crippen LogP) is 1.82. The van der Waals surface area contributed by atoms with Gasteiger partial charge >= 0.3 is 5.97 Å². The van der Waals surface area contributed by atoms with Crippen LogP contribution in [0.25, 0.3) is 11.0 Å². The minimum atomic E-state index is -0.364. The maximum Gasteiger partial charge on any atom is 0.337 e. The number of methoxy groups -OCH3 is 1. The van der Waals surface area contributed by atoms with Gasteiger partial charge in [0.25, 0.3) is 0 Å². The van der Waals surface area contributed by atoms with Crippen molar-refractivity contribution in [3.05, 3.63) is 54.0 Å². The van der Waals surface area contributed by atoms with Crippen LogP contribution in [0.4, 0.5) is 5.82 Å². The Balaban J connectivity index is 1.29. The number of fused-ring (bicyclic) bond motifs is 2. The summed E-state index contributed by atoms with van der Waals surface area (Å²) in [6, 6.07) is 9.43. The molecule has 3 aromatic rings. The van der Waals surface area contributed by atoms with Gasteiger partial charge in [0.05, 0.1) is 24.0 Å². The van der Waals surface area contributed by atoms with E-state index < -0.39 is 0 Å². The Kier molecular flexibility index (Phi) is 5.72. The number of amides is 1. The second-order valence-electron chi connectivity index (χ2n) is 8.80. The number of hydrogen-bond acceptors (Lipinski definition) is 7. The number of aromatic amines is 1. The monoisotopic (exact) mass is 448 g/mol. The Labute approximate surface area is 192 Å². The molecule has 4 heterocycles. The van der Waals surface area contributed by atoms with Gasteiger partial charge in [-0.25, -0.2) is 14.8 Å². The Morgan fingerprint density at radius 1 is 1.18 bits per heavy atom. The third-order valence-electron chi connectivity index (χ3n) is 6.93. The molecule has 5 rings (SSSR count). The first-order valence-corrected chi connectivity index (χ1v) is 11.2. The zero-order valence-electron chi connectivity index (χ0n) is 18.8. The molecule has 3 atom stereocenters. The van der Waals surface area contributed by atoms with E-state index in [-0.39, 0.29) is 29.8 Å². The number of carbonyl (C=O) groups is 2. The third-order valence-corrected chi connectivity index (χ3v) is 6.93. The summed E-state index contributed by atoms with van der Waals surface area (Å²) >= 11 is 0. The maximum atomic E-state index is 13.4. The SMILES string of the molecule is COC(=O)c1ccc(CN(C)C(=O)C2CNC[C@H]3[C@H]2CCN3c2ncnc3[nH]ccc23)cc1. The minimum Gasteiger partial charge on any atom is -0.465 e. The van der Waals surface area contributed by atoms with Gasteiger partial charge in [-0.05, 0) is 36.1 Å². The highest BCUT2D eigenvalue weighted by Gasteiger charge is 2.45. The summed E-state index contributed by atoms with van der Waals surface area (Å²) in [5, 5.41) is 4.50. The number of nitrogens with zero attached hydrogens (tertiary/aromatic N) is 4. The van der Waals surface area contributed by atoms with Gasteiger partial charge in [0, 0.05) is 45.5 Å². The average molecular weight is 449 g/mol. The molecule has 2 aromatic heterocycles. The van der Waals surface area contributed by atoms with Crippen molar-refractivity contribution in [3.63, 3.8) is 0 Å². The van der Waals surface area contributed by atoms with Crippen LogP contribution in [0.15, 0.2) is 42.9 Å². The number of hydrogen-bond donors (Lipinski definition) is 2. The molecule has 2 saturated heterocycles. The molecule has 2 fully saturated rings. The van der Waals surface area contributed by atoms with Gasteiger partial charge in [-0.3, -0.25) is 4.79 Å². The maximum absolute atomic E-state index is 13.4. The summed E-state index contributed by atoms with van der Waals surface area (Å²) in [5.74, 6) is 0.897. The van der Waals surface area contributed by atoms with Crippen LogP contribution < -0.4 is 10.2 Å². The zero-order valence-corrected chi connectivity index (χ0v) is 18.8. The molecule has 0 aliphatic carbocycles. The molecule has 1 unspecified atom stereocenters. The first kappa shape index (κ1) is 21.4. The molecular weight excluding hydrogens is 420 g/mol. The van der Waals surface area contributed by atoms with Crippen molar-refractivity contribution < 1.29 is 14.3 Å². The second-order valence-corrected chi connectivity index (χ2v) is 8.80. The van der Waals surface area contributed by atoms with E-state index >= 15 is 0 Å². The lowest BCUT2D eigenvalue weighted by Crippen LogP contribution is -2.54. The zero-order chi connectivity index (χ0) is 22.9. The van der Waals surface area contributed by atoms with Gasteiger partial charge in [-0.15, -0.1) is 0 Å². The number of nitrogens with one attached hydrogen (secondary N) is 2. The lowest BCUT2D eigenvalue weighted by atomic mass is 9.82. The molecule has 0 bridgehead atoms. The lowest BCUT2D eigenvalue weighted by Gasteiger charge is -2.38. The second kappa shape index (κ2) is 8.82. The molecule has 1 amide bonds. The number of rotatable bonds is 5. The third kappa shape index (κ3) is 3.93. The summed E-state index contributed by atoms with van der Waals surface area (Å²) in [6.07, 6.45) is 4.44. The lowest BCUT2D eigenvalue weighted by molar-refractivity contribution is -0.137. The van der Waals surface area contributed by atoms with Crippen molar-refractivity contribution >= 4 is 28.7 Å². The molecule has 9 nitrogen and oxygen atoms in total. The van der Waals surface area contributed by atoms with E-state index in [1.54, 1.807) is 23.4 Å². The largest absolute Gasteiger partial charge is 0.465 e. The van der Waals surface area contributed by atoms with Gasteiger partial charge in [0.15, 0.2) is 0 Å². The standard InChI is InChI=1S/C24H28N6O3/c1-29(13-15-3-5-16(6-4-15)24(32)33-2)23(31)19-11-25-12-20-17(19)8-10-30(20)22-18-7-9-26-21(18)27-14-28-22/h3-7,9,14,17,19-20,25H,8,10-13H2,1-2H3,(H,26,27,28)/t17-,19?,20-/m0/s1. The van der Waals surface area contributed by atoms with Crippen molar-refractivity contribution in [3.8, 4) is 0 Å². The van der Waals surface area contributed by atoms with E-state index in [9.17, 15) is 9.59 Å². The molecule has 172 valence electrons. The van der Waals surface area contributed by atoms with Crippen LogP contribution in [0.5, 0.6) is 0 Å². The highest BCUT2D eigenvalue weighted by Crippen LogP contribution is 2.38. The first-order chi connectivity index (χ1) is 16.1. The highest BCUT2D eigenvalue weighted by molar-refractivity contribution is 5.89. The van der Waals surface area contributed by atoms with Gasteiger partial charge < -0.3 is 24.8 Å². The topological polar surface area (TPSA) is 103 Å². The van der Waals surface area contributed by atoms with E-state index in [0.717, 1.165) is 41.9 Å². The van der Waals surface area contributed by atoms with Gasteiger partial charge in [0.1, 0.15) is 17.8 Å². The molecule has 9 heteroatoms. The average Bonchev–Trinajstić information content (AvgIpc) is 3.50. The summed E-state index contributed by atoms with van der Waals surface area (Å²) in [5.41, 5.74) is 2.31. The van der Waals surface area contributed by atoms with Crippen LogP contribution in [0.2, 0.25) is 0 Å². The fraction of sp³-hybridized carbons (Fsp3) is 0.417. The quantitative estimate of drug-likeness (QED) is 0.574. The Hall–Kier alpha value is -3.46. The summed E-state index contributed by atoms with van der Waals surface area (Å²) < 4.78 is 4.75. The number of carbonyl (C=O) groups excluding carboxylic acids is 2. The Morgan fingerprint density at radius 3 is 2.79 bits per heavy atom. The number of ether oxygens (including phenoxy) is 1. The molecule has 2 aliphatic heterocycles. The number of anilines is 1. The smallest absolute Gasteiger partial charge is 0.337 e. The normalized spacial score (nSPS) is 22.2. The van der Waals surface area contributed by atoms with Crippen LogP contribution >= 0.6 is 0 Å². The van der Waals surface area contributed by atoms with Crippen molar-refractivity contribution in [1.29, 1.82) is 0 Å². The van der Waals surface area contributed by atoms with E-state index in [4.69, 9.17) is 4.74 Å². The van der Waals surface area contributed by atoms with Crippen LogP contribution in [-0.2, 0) is 16.1 Å². The molecule has 2 N–H and O–H groups in total. The fourth-order valence-corrected chi connectivity index (χ4v) is 5.27. The van der Waals surface area contributed by atoms with Gasteiger partial charge in [0.2, 0.25) is 5.91 Å².